The number of nitrogens with one attached hydrogen (secondary N) is 1. The zero-order valence-electron chi connectivity index (χ0n) is 12.8. The van der Waals surface area contributed by atoms with Crippen molar-refractivity contribution < 1.29 is 24.5 Å². The number of ketones is 1. The Labute approximate surface area is 136 Å². The molecule has 1 heterocycles. The summed E-state index contributed by atoms with van der Waals surface area (Å²) in [6, 6.07) is 7.47. The molecule has 0 bridgehead atoms. The lowest BCUT2D eigenvalue weighted by Gasteiger charge is -2.05. The number of aromatic amines is 1. The zero-order chi connectivity index (χ0) is 17.7. The Morgan fingerprint density at radius 2 is 2.04 bits per heavy atom. The Kier molecular flexibility index (Phi) is 5.16. The number of carboxylic acid groups (broad SMARTS) is 1. The van der Waals surface area contributed by atoms with Gasteiger partial charge in [-0.3, -0.25) is 9.59 Å². The van der Waals surface area contributed by atoms with Gasteiger partial charge in [-0.1, -0.05) is 18.2 Å². The number of H-pyrrole nitrogens is 1. The van der Waals surface area contributed by atoms with Crippen molar-refractivity contribution in [2.45, 2.75) is 6.92 Å². The van der Waals surface area contributed by atoms with Gasteiger partial charge in [-0.25, -0.2) is 4.79 Å². The smallest absolute Gasteiger partial charge is 0.341 e. The number of allylic oxidation sites excluding steroid dienone is 1. The van der Waals surface area contributed by atoms with Crippen LogP contribution in [0.15, 0.2) is 41.2 Å². The van der Waals surface area contributed by atoms with Gasteiger partial charge in [0.1, 0.15) is 11.5 Å². The van der Waals surface area contributed by atoms with E-state index in [1.807, 2.05) is 0 Å². The first-order valence-corrected chi connectivity index (χ1v) is 6.97. The molecule has 7 heteroatoms. The van der Waals surface area contributed by atoms with E-state index in [1.54, 1.807) is 24.3 Å². The molecule has 2 aromatic rings. The van der Waals surface area contributed by atoms with Gasteiger partial charge < -0.3 is 19.9 Å². The van der Waals surface area contributed by atoms with Gasteiger partial charge >= 0.3 is 5.97 Å². The number of hydrogen-bond acceptors (Lipinski definition) is 5. The van der Waals surface area contributed by atoms with E-state index < -0.39 is 23.9 Å². The Balaban J connectivity index is 2.19. The van der Waals surface area contributed by atoms with Crippen molar-refractivity contribution in [2.75, 3.05) is 6.61 Å². The summed E-state index contributed by atoms with van der Waals surface area (Å²) in [5.41, 5.74) is 0.416. The highest BCUT2D eigenvalue weighted by Gasteiger charge is 2.13. The fraction of sp³-hybridized carbons (Fsp3) is 0.118. The normalized spacial score (nSPS) is 10.7. The number of rotatable bonds is 6. The molecule has 1 aromatic heterocycles. The van der Waals surface area contributed by atoms with Crippen LogP contribution in [0.2, 0.25) is 0 Å². The zero-order valence-corrected chi connectivity index (χ0v) is 12.8. The second-order valence-electron chi connectivity index (χ2n) is 4.97. The first kappa shape index (κ1) is 17.0. The average Bonchev–Trinajstić information content (AvgIpc) is 2.50. The minimum Gasteiger partial charge on any atom is -0.507 e. The van der Waals surface area contributed by atoms with Crippen LogP contribution in [0, 0.1) is 6.92 Å². The first-order chi connectivity index (χ1) is 11.4. The van der Waals surface area contributed by atoms with Gasteiger partial charge in [0.2, 0.25) is 0 Å². The van der Waals surface area contributed by atoms with Crippen LogP contribution in [0.4, 0.5) is 0 Å². The van der Waals surface area contributed by atoms with Gasteiger partial charge in [0.05, 0.1) is 5.56 Å². The number of aromatic nitrogens is 1. The number of benzene rings is 1. The number of carbonyl (C=O) groups excluding carboxylic acids is 1. The molecule has 0 atom stereocenters. The van der Waals surface area contributed by atoms with E-state index in [9.17, 15) is 19.5 Å². The topological polar surface area (TPSA) is 117 Å². The molecule has 24 heavy (non-hydrogen) atoms. The Morgan fingerprint density at radius 1 is 1.29 bits per heavy atom. The highest BCUT2D eigenvalue weighted by molar-refractivity contribution is 6.09. The second kappa shape index (κ2) is 7.28. The third-order valence-electron chi connectivity index (χ3n) is 3.10. The van der Waals surface area contributed by atoms with Crippen molar-refractivity contribution in [2.24, 2.45) is 0 Å². The van der Waals surface area contributed by atoms with Crippen LogP contribution in [-0.4, -0.2) is 33.6 Å². The standard InChI is InChI=1S/C17H15NO6/c1-10-17(14(20)8-15(21)18-10)13(19)6-5-11-3-2-4-12(7-11)24-9-16(22)23/h2-8H,9H2,1H3,(H,22,23)(H2,18,20,21). The lowest BCUT2D eigenvalue weighted by molar-refractivity contribution is -0.139. The fourth-order valence-corrected chi connectivity index (χ4v) is 2.09. The molecule has 0 amide bonds. The molecule has 0 fully saturated rings. The van der Waals surface area contributed by atoms with Crippen molar-refractivity contribution >= 4 is 17.8 Å². The maximum Gasteiger partial charge on any atom is 0.341 e. The summed E-state index contributed by atoms with van der Waals surface area (Å²) in [6.07, 6.45) is 2.75. The monoisotopic (exact) mass is 329 g/mol. The van der Waals surface area contributed by atoms with Crippen LogP contribution in [0.3, 0.4) is 0 Å². The molecule has 0 radical (unpaired) electrons. The Morgan fingerprint density at radius 3 is 2.71 bits per heavy atom. The highest BCUT2D eigenvalue weighted by atomic mass is 16.5. The molecule has 7 nitrogen and oxygen atoms in total. The van der Waals surface area contributed by atoms with Gasteiger partial charge in [-0.05, 0) is 30.7 Å². The Hall–Kier alpha value is -3.35. The summed E-state index contributed by atoms with van der Waals surface area (Å²) in [7, 11) is 0. The molecule has 0 aliphatic rings. The molecule has 3 N–H and O–H groups in total. The largest absolute Gasteiger partial charge is 0.507 e. The lowest BCUT2D eigenvalue weighted by Crippen LogP contribution is -2.10. The van der Waals surface area contributed by atoms with Gasteiger partial charge in [-0.2, -0.15) is 0 Å². The van der Waals surface area contributed by atoms with Gasteiger partial charge in [0, 0.05) is 11.8 Å². The van der Waals surface area contributed by atoms with E-state index in [4.69, 9.17) is 9.84 Å². The van der Waals surface area contributed by atoms with E-state index in [0.29, 0.717) is 11.3 Å². The van der Waals surface area contributed by atoms with Crippen LogP contribution in [0.1, 0.15) is 21.6 Å². The second-order valence-corrected chi connectivity index (χ2v) is 4.97. The van der Waals surface area contributed by atoms with E-state index in [1.165, 1.54) is 19.1 Å². The van der Waals surface area contributed by atoms with Crippen molar-refractivity contribution in [1.82, 2.24) is 4.98 Å². The minimum absolute atomic E-state index is 0.0177. The molecule has 0 saturated carbocycles. The van der Waals surface area contributed by atoms with Crippen molar-refractivity contribution in [3.8, 4) is 11.5 Å². The van der Waals surface area contributed by atoms with Crippen LogP contribution >= 0.6 is 0 Å². The summed E-state index contributed by atoms with van der Waals surface area (Å²) in [5, 5.41) is 18.3. The van der Waals surface area contributed by atoms with Gasteiger partial charge in [0.25, 0.3) is 5.56 Å². The summed E-state index contributed by atoms with van der Waals surface area (Å²) >= 11 is 0. The lowest BCUT2D eigenvalue weighted by atomic mass is 10.1. The van der Waals surface area contributed by atoms with Crippen LogP contribution in [0.5, 0.6) is 11.5 Å². The quantitative estimate of drug-likeness (QED) is 0.549. The fourth-order valence-electron chi connectivity index (χ4n) is 2.09. The number of aryl methyl sites for hydroxylation is 1. The van der Waals surface area contributed by atoms with Gasteiger partial charge in [0.15, 0.2) is 12.4 Å². The molecular formula is C17H15NO6. The third kappa shape index (κ3) is 4.33. The molecule has 0 aliphatic heterocycles. The average molecular weight is 329 g/mol. The summed E-state index contributed by atoms with van der Waals surface area (Å²) in [4.78, 5) is 36.3. The highest BCUT2D eigenvalue weighted by Crippen LogP contribution is 2.19. The Bertz CT molecular complexity index is 839. The van der Waals surface area contributed by atoms with Crippen molar-refractivity contribution in [3.63, 3.8) is 0 Å². The molecule has 124 valence electrons. The summed E-state index contributed by atoms with van der Waals surface area (Å²) in [5.74, 6) is -1.59. The summed E-state index contributed by atoms with van der Waals surface area (Å²) < 4.78 is 5.05. The number of ether oxygens (including phenoxy) is 1. The van der Waals surface area contributed by atoms with Gasteiger partial charge in [-0.15, -0.1) is 0 Å². The number of carboxylic acids is 1. The number of aromatic hydroxyl groups is 1. The number of carbonyl (C=O) groups is 2. The van der Waals surface area contributed by atoms with E-state index in [0.717, 1.165) is 6.07 Å². The first-order valence-electron chi connectivity index (χ1n) is 6.97. The van der Waals surface area contributed by atoms with Crippen molar-refractivity contribution in [3.05, 3.63) is 63.6 Å². The molecule has 0 spiro atoms. The minimum atomic E-state index is -1.09. The van der Waals surface area contributed by atoms with Crippen molar-refractivity contribution in [1.29, 1.82) is 0 Å². The predicted octanol–water partition coefficient (Wildman–Crippen LogP) is 1.75. The van der Waals surface area contributed by atoms with Crippen LogP contribution < -0.4 is 10.3 Å². The predicted molar refractivity (Wildman–Crippen MR) is 86.4 cm³/mol. The van der Waals surface area contributed by atoms with E-state index in [2.05, 4.69) is 4.98 Å². The van der Waals surface area contributed by atoms with Crippen LogP contribution in [-0.2, 0) is 4.79 Å². The SMILES string of the molecule is Cc1[nH]c(=O)cc(O)c1C(=O)C=Cc1cccc(OCC(=O)O)c1. The maximum atomic E-state index is 12.2. The number of hydrogen-bond donors (Lipinski definition) is 3. The number of pyridine rings is 1. The molecule has 0 saturated heterocycles. The molecule has 0 aliphatic carbocycles. The van der Waals surface area contributed by atoms with E-state index in [-0.39, 0.29) is 17.0 Å². The maximum absolute atomic E-state index is 12.2. The number of aliphatic carboxylic acids is 1. The van der Waals surface area contributed by atoms with Crippen LogP contribution in [0.25, 0.3) is 6.08 Å². The molecule has 2 rings (SSSR count). The van der Waals surface area contributed by atoms with E-state index >= 15 is 0 Å². The molecule has 0 unspecified atom stereocenters. The molecule has 1 aromatic carbocycles. The third-order valence-corrected chi connectivity index (χ3v) is 3.10. The molecular weight excluding hydrogens is 314 g/mol. The summed E-state index contributed by atoms with van der Waals surface area (Å²) in [6.45, 7) is 1.05.